The summed E-state index contributed by atoms with van der Waals surface area (Å²) in [6.45, 7) is 6.56. The Morgan fingerprint density at radius 3 is 2.47 bits per heavy atom. The van der Waals surface area contributed by atoms with Gasteiger partial charge in [-0.15, -0.1) is 0 Å². The molecule has 9 heteroatoms. The number of hydrogen-bond donors (Lipinski definition) is 3. The smallest absolute Gasteiger partial charge is 0.354 e. The summed E-state index contributed by atoms with van der Waals surface area (Å²) < 4.78 is 7.67. The Labute approximate surface area is 209 Å². The summed E-state index contributed by atoms with van der Waals surface area (Å²) in [6.07, 6.45) is 2.01. The first-order valence-electron chi connectivity index (χ1n) is 11.6. The second-order valence-electron chi connectivity index (χ2n) is 9.48. The van der Waals surface area contributed by atoms with E-state index < -0.39 is 5.97 Å². The van der Waals surface area contributed by atoms with Gasteiger partial charge in [0.05, 0.1) is 18.0 Å². The van der Waals surface area contributed by atoms with Crippen molar-refractivity contribution < 1.29 is 19.4 Å². The van der Waals surface area contributed by atoms with Crippen molar-refractivity contribution in [1.29, 1.82) is 0 Å². The Hall–Kier alpha value is -4.40. The number of fused-ring (bicyclic) bond motifs is 1. The second-order valence-corrected chi connectivity index (χ2v) is 9.48. The fraction of sp³-hybridized carbons (Fsp3) is 0.259. The van der Waals surface area contributed by atoms with E-state index >= 15 is 0 Å². The highest BCUT2D eigenvalue weighted by atomic mass is 16.5. The number of aromatic nitrogens is 3. The summed E-state index contributed by atoms with van der Waals surface area (Å²) in [5.74, 6) is 0.211. The molecular weight excluding hydrogens is 458 g/mol. The van der Waals surface area contributed by atoms with Gasteiger partial charge in [-0.05, 0) is 29.8 Å². The van der Waals surface area contributed by atoms with Crippen molar-refractivity contribution in [3.63, 3.8) is 0 Å². The molecule has 3 N–H and O–H groups in total. The average molecular weight is 488 g/mol. The number of carbonyl (C=O) groups excluding carboxylic acids is 1. The van der Waals surface area contributed by atoms with Crippen molar-refractivity contribution in [2.75, 3.05) is 17.2 Å². The first-order chi connectivity index (χ1) is 17.1. The van der Waals surface area contributed by atoms with Crippen LogP contribution in [0.2, 0.25) is 0 Å². The van der Waals surface area contributed by atoms with Crippen LogP contribution in [0.1, 0.15) is 42.5 Å². The Kier molecular flexibility index (Phi) is 6.91. The molecule has 4 rings (SSSR count). The SMILES string of the molecule is Cn1nc(C(C)(C)C)cc1NC(=O)Nc1ccc(OCCc2ccnc(C(=O)O)c2)c2ccccc12. The van der Waals surface area contributed by atoms with Gasteiger partial charge >= 0.3 is 12.0 Å². The topological polar surface area (TPSA) is 118 Å². The maximum atomic E-state index is 12.8. The zero-order valence-electron chi connectivity index (χ0n) is 20.7. The molecule has 0 fully saturated rings. The number of carboxylic acids is 1. The van der Waals surface area contributed by atoms with E-state index in [0.29, 0.717) is 30.3 Å². The molecule has 36 heavy (non-hydrogen) atoms. The highest BCUT2D eigenvalue weighted by molar-refractivity contribution is 6.07. The summed E-state index contributed by atoms with van der Waals surface area (Å²) in [7, 11) is 1.79. The van der Waals surface area contributed by atoms with Gasteiger partial charge in [-0.1, -0.05) is 45.0 Å². The van der Waals surface area contributed by atoms with Gasteiger partial charge in [0.2, 0.25) is 0 Å². The number of aromatic carboxylic acids is 1. The van der Waals surface area contributed by atoms with Crippen molar-refractivity contribution in [2.24, 2.45) is 7.05 Å². The summed E-state index contributed by atoms with van der Waals surface area (Å²) in [4.78, 5) is 27.8. The second kappa shape index (κ2) is 10.1. The molecule has 0 saturated carbocycles. The van der Waals surface area contributed by atoms with Crippen molar-refractivity contribution in [2.45, 2.75) is 32.6 Å². The van der Waals surface area contributed by atoms with E-state index in [9.17, 15) is 9.59 Å². The molecule has 2 heterocycles. The molecule has 186 valence electrons. The molecule has 0 aliphatic heterocycles. The zero-order chi connectivity index (χ0) is 25.9. The molecule has 0 unspecified atom stereocenters. The number of pyridine rings is 1. The fourth-order valence-electron chi connectivity index (χ4n) is 3.75. The van der Waals surface area contributed by atoms with Gasteiger partial charge in [-0.25, -0.2) is 14.6 Å². The van der Waals surface area contributed by atoms with Crippen LogP contribution in [0.3, 0.4) is 0 Å². The van der Waals surface area contributed by atoms with Crippen molar-refractivity contribution in [3.8, 4) is 5.75 Å². The summed E-state index contributed by atoms with van der Waals surface area (Å²) in [5.41, 5.74) is 2.24. The van der Waals surface area contributed by atoms with Crippen LogP contribution in [0.5, 0.6) is 5.75 Å². The quantitative estimate of drug-likeness (QED) is 0.329. The standard InChI is InChI=1S/C27H29N5O4/c1-27(2,3)23-16-24(32(4)31-23)30-26(35)29-20-9-10-22(19-8-6-5-7-18(19)20)36-14-12-17-11-13-28-21(15-17)25(33)34/h5-11,13,15-16H,12,14H2,1-4H3,(H,33,34)(H2,29,30,35). The Morgan fingerprint density at radius 2 is 1.78 bits per heavy atom. The number of ether oxygens (including phenoxy) is 1. The van der Waals surface area contributed by atoms with Crippen molar-refractivity contribution >= 4 is 34.3 Å². The molecule has 2 aromatic carbocycles. The Morgan fingerprint density at radius 1 is 1.03 bits per heavy atom. The molecule has 0 atom stereocenters. The Bertz CT molecular complexity index is 1420. The van der Waals surface area contributed by atoms with Gasteiger partial charge in [0.25, 0.3) is 0 Å². The van der Waals surface area contributed by atoms with Crippen molar-refractivity contribution in [3.05, 3.63) is 77.7 Å². The number of rotatable bonds is 7. The van der Waals surface area contributed by atoms with E-state index in [1.165, 1.54) is 6.20 Å². The van der Waals surface area contributed by atoms with Gasteiger partial charge in [0.15, 0.2) is 0 Å². The van der Waals surface area contributed by atoms with Gasteiger partial charge in [-0.2, -0.15) is 5.10 Å². The number of hydrogen-bond acceptors (Lipinski definition) is 5. The van der Waals surface area contributed by atoms with Crippen LogP contribution < -0.4 is 15.4 Å². The first kappa shape index (κ1) is 24.7. The lowest BCUT2D eigenvalue weighted by Crippen LogP contribution is -2.21. The predicted molar refractivity (Wildman–Crippen MR) is 139 cm³/mol. The number of urea groups is 1. The van der Waals surface area contributed by atoms with E-state index in [-0.39, 0.29) is 17.1 Å². The maximum Gasteiger partial charge on any atom is 0.354 e. The van der Waals surface area contributed by atoms with Gasteiger partial charge in [0.1, 0.15) is 17.3 Å². The summed E-state index contributed by atoms with van der Waals surface area (Å²) in [5, 5.41) is 21.1. The fourth-order valence-corrected chi connectivity index (χ4v) is 3.75. The lowest BCUT2D eigenvalue weighted by Gasteiger charge is -2.14. The highest BCUT2D eigenvalue weighted by Gasteiger charge is 2.20. The summed E-state index contributed by atoms with van der Waals surface area (Å²) in [6, 6.07) is 16.1. The maximum absolute atomic E-state index is 12.8. The molecule has 2 amide bonds. The highest BCUT2D eigenvalue weighted by Crippen LogP contribution is 2.32. The minimum Gasteiger partial charge on any atom is -0.493 e. The van der Waals surface area contributed by atoms with Crippen LogP contribution in [-0.4, -0.2) is 38.5 Å². The van der Waals surface area contributed by atoms with E-state index in [0.717, 1.165) is 22.0 Å². The molecule has 4 aromatic rings. The molecule has 0 saturated heterocycles. The van der Waals surface area contributed by atoms with Gasteiger partial charge in [0, 0.05) is 41.9 Å². The first-order valence-corrected chi connectivity index (χ1v) is 11.6. The molecule has 0 aliphatic carbocycles. The average Bonchev–Trinajstić information content (AvgIpc) is 3.21. The number of benzene rings is 2. The Balaban J connectivity index is 1.46. The molecule has 0 aliphatic rings. The van der Waals surface area contributed by atoms with Gasteiger partial charge < -0.3 is 15.2 Å². The lowest BCUT2D eigenvalue weighted by atomic mass is 9.92. The third kappa shape index (κ3) is 5.63. The number of carboxylic acid groups (broad SMARTS) is 1. The third-order valence-corrected chi connectivity index (χ3v) is 5.71. The molecule has 0 radical (unpaired) electrons. The van der Waals surface area contributed by atoms with E-state index in [4.69, 9.17) is 9.84 Å². The van der Waals surface area contributed by atoms with Gasteiger partial charge in [-0.3, -0.25) is 10.00 Å². The molecule has 9 nitrogen and oxygen atoms in total. The van der Waals surface area contributed by atoms with E-state index in [1.807, 2.05) is 36.4 Å². The number of amides is 2. The predicted octanol–water partition coefficient (Wildman–Crippen LogP) is 5.23. The molecule has 0 spiro atoms. The van der Waals surface area contributed by atoms with Crippen LogP contribution in [0.15, 0.2) is 60.8 Å². The van der Waals surface area contributed by atoms with Crippen molar-refractivity contribution in [1.82, 2.24) is 14.8 Å². The van der Waals surface area contributed by atoms with Crippen LogP contribution in [0, 0.1) is 0 Å². The van der Waals surface area contributed by atoms with Crippen LogP contribution in [0.25, 0.3) is 10.8 Å². The molecule has 2 aromatic heterocycles. The van der Waals surface area contributed by atoms with Crippen LogP contribution >= 0.6 is 0 Å². The minimum absolute atomic E-state index is 0.00686. The number of aryl methyl sites for hydroxylation is 1. The number of nitrogens with zero attached hydrogens (tertiary/aromatic N) is 3. The zero-order valence-corrected chi connectivity index (χ0v) is 20.7. The molecule has 0 bridgehead atoms. The largest absolute Gasteiger partial charge is 0.493 e. The van der Waals surface area contributed by atoms with E-state index in [2.05, 4.69) is 41.5 Å². The van der Waals surface area contributed by atoms with Crippen LogP contribution in [0.4, 0.5) is 16.3 Å². The number of nitrogens with one attached hydrogen (secondary N) is 2. The summed E-state index contributed by atoms with van der Waals surface area (Å²) >= 11 is 0. The normalized spacial score (nSPS) is 11.3. The number of anilines is 2. The van der Waals surface area contributed by atoms with Crippen LogP contribution in [-0.2, 0) is 18.9 Å². The monoisotopic (exact) mass is 487 g/mol. The number of carbonyl (C=O) groups is 2. The minimum atomic E-state index is -1.06. The lowest BCUT2D eigenvalue weighted by molar-refractivity contribution is 0.0690. The third-order valence-electron chi connectivity index (χ3n) is 5.71. The van der Waals surface area contributed by atoms with E-state index in [1.54, 1.807) is 29.9 Å². The molecular formula is C27H29N5O4.